The standard InChI is InChI=1S/C10H16N4OS/c1-14-3-2-6(5-14)13-8-4-7(11)9(16-8)10(12)15/h4,6,13H,2-3,5,11H2,1H3,(H2,12,15). The highest BCUT2D eigenvalue weighted by atomic mass is 32.1. The number of likely N-dealkylation sites (tertiary alicyclic amines) is 1. The monoisotopic (exact) mass is 240 g/mol. The Balaban J connectivity index is 2.05. The van der Waals surface area contributed by atoms with Crippen LogP contribution in [0, 0.1) is 0 Å². The van der Waals surface area contributed by atoms with Gasteiger partial charge >= 0.3 is 0 Å². The molecular formula is C10H16N4OS. The van der Waals surface area contributed by atoms with E-state index in [4.69, 9.17) is 11.5 Å². The van der Waals surface area contributed by atoms with E-state index in [0.717, 1.165) is 24.5 Å². The van der Waals surface area contributed by atoms with E-state index >= 15 is 0 Å². The summed E-state index contributed by atoms with van der Waals surface area (Å²) in [5.41, 5.74) is 11.4. The number of hydrogen-bond donors (Lipinski definition) is 3. The second-order valence-electron chi connectivity index (χ2n) is 4.15. The molecule has 1 aromatic rings. The molecule has 2 heterocycles. The Morgan fingerprint density at radius 2 is 2.44 bits per heavy atom. The molecule has 1 aliphatic heterocycles. The molecule has 16 heavy (non-hydrogen) atoms. The summed E-state index contributed by atoms with van der Waals surface area (Å²) in [5, 5.41) is 4.30. The molecule has 1 saturated heterocycles. The average molecular weight is 240 g/mol. The first-order chi connectivity index (χ1) is 7.56. The molecule has 1 unspecified atom stereocenters. The number of amides is 1. The van der Waals surface area contributed by atoms with Crippen molar-refractivity contribution in [1.29, 1.82) is 0 Å². The van der Waals surface area contributed by atoms with E-state index in [9.17, 15) is 4.79 Å². The van der Waals surface area contributed by atoms with Gasteiger partial charge in [-0.05, 0) is 26.1 Å². The summed E-state index contributed by atoms with van der Waals surface area (Å²) >= 11 is 1.33. The summed E-state index contributed by atoms with van der Waals surface area (Å²) in [5.74, 6) is -0.459. The van der Waals surface area contributed by atoms with Crippen LogP contribution < -0.4 is 16.8 Å². The Kier molecular flexibility index (Phi) is 3.02. The van der Waals surface area contributed by atoms with E-state index in [1.807, 2.05) is 0 Å². The van der Waals surface area contributed by atoms with Crippen LogP contribution >= 0.6 is 11.3 Å². The van der Waals surface area contributed by atoms with Crippen molar-refractivity contribution in [3.05, 3.63) is 10.9 Å². The van der Waals surface area contributed by atoms with Crippen LogP contribution in [0.5, 0.6) is 0 Å². The maximum absolute atomic E-state index is 11.0. The summed E-state index contributed by atoms with van der Waals surface area (Å²) in [6, 6.07) is 2.21. The maximum atomic E-state index is 11.0. The fourth-order valence-corrected chi connectivity index (χ4v) is 2.83. The Labute approximate surface area is 98.4 Å². The van der Waals surface area contributed by atoms with Gasteiger partial charge in [0.2, 0.25) is 0 Å². The molecule has 0 saturated carbocycles. The fourth-order valence-electron chi connectivity index (χ4n) is 1.92. The molecule has 88 valence electrons. The molecule has 1 aliphatic rings. The summed E-state index contributed by atoms with van der Waals surface area (Å²) in [4.78, 5) is 13.7. The van der Waals surface area contributed by atoms with Crippen LogP contribution in [0.4, 0.5) is 10.7 Å². The highest BCUT2D eigenvalue weighted by molar-refractivity contribution is 7.18. The average Bonchev–Trinajstić information content (AvgIpc) is 2.73. The molecule has 1 aromatic heterocycles. The minimum atomic E-state index is -0.459. The molecule has 0 aliphatic carbocycles. The number of primary amides is 1. The number of anilines is 2. The quantitative estimate of drug-likeness (QED) is 0.720. The minimum Gasteiger partial charge on any atom is -0.397 e. The Morgan fingerprint density at radius 1 is 1.69 bits per heavy atom. The van der Waals surface area contributed by atoms with Crippen molar-refractivity contribution in [2.45, 2.75) is 12.5 Å². The number of nitrogen functional groups attached to an aromatic ring is 1. The van der Waals surface area contributed by atoms with E-state index in [-0.39, 0.29) is 0 Å². The first-order valence-corrected chi connectivity index (χ1v) is 6.02. The maximum Gasteiger partial charge on any atom is 0.260 e. The zero-order chi connectivity index (χ0) is 11.7. The predicted molar refractivity (Wildman–Crippen MR) is 66.8 cm³/mol. The number of rotatable bonds is 3. The van der Waals surface area contributed by atoms with Crippen molar-refractivity contribution in [1.82, 2.24) is 4.90 Å². The minimum absolute atomic E-state index is 0.434. The molecule has 0 radical (unpaired) electrons. The summed E-state index contributed by atoms with van der Waals surface area (Å²) in [6.45, 7) is 2.12. The smallest absolute Gasteiger partial charge is 0.260 e. The van der Waals surface area contributed by atoms with Gasteiger partial charge in [-0.1, -0.05) is 0 Å². The Bertz CT molecular complexity index is 404. The zero-order valence-corrected chi connectivity index (χ0v) is 10.0. The number of nitrogens with one attached hydrogen (secondary N) is 1. The van der Waals surface area contributed by atoms with Crippen molar-refractivity contribution in [2.75, 3.05) is 31.2 Å². The number of thiophene rings is 1. The van der Waals surface area contributed by atoms with Gasteiger partial charge in [0.15, 0.2) is 0 Å². The molecule has 5 nitrogen and oxygen atoms in total. The van der Waals surface area contributed by atoms with Crippen molar-refractivity contribution in [3.8, 4) is 0 Å². The van der Waals surface area contributed by atoms with Crippen LogP contribution in [0.3, 0.4) is 0 Å². The van der Waals surface area contributed by atoms with E-state index in [0.29, 0.717) is 16.6 Å². The van der Waals surface area contributed by atoms with Gasteiger partial charge < -0.3 is 21.7 Å². The van der Waals surface area contributed by atoms with Crippen LogP contribution in [-0.2, 0) is 0 Å². The lowest BCUT2D eigenvalue weighted by Gasteiger charge is -2.11. The molecule has 0 aromatic carbocycles. The number of nitrogens with zero attached hydrogens (tertiary/aromatic N) is 1. The van der Waals surface area contributed by atoms with Crippen molar-refractivity contribution >= 4 is 27.9 Å². The summed E-state index contributed by atoms with van der Waals surface area (Å²) in [7, 11) is 2.10. The number of carbonyl (C=O) groups excluding carboxylic acids is 1. The van der Waals surface area contributed by atoms with E-state index < -0.39 is 5.91 Å². The van der Waals surface area contributed by atoms with Gasteiger partial charge in [-0.3, -0.25) is 4.79 Å². The molecule has 1 atom stereocenters. The zero-order valence-electron chi connectivity index (χ0n) is 9.19. The number of nitrogens with two attached hydrogens (primary N) is 2. The van der Waals surface area contributed by atoms with Gasteiger partial charge in [0.25, 0.3) is 5.91 Å². The van der Waals surface area contributed by atoms with Gasteiger partial charge in [0.1, 0.15) is 4.88 Å². The van der Waals surface area contributed by atoms with Gasteiger partial charge in [0, 0.05) is 12.6 Å². The largest absolute Gasteiger partial charge is 0.397 e. The first-order valence-electron chi connectivity index (χ1n) is 5.20. The second kappa shape index (κ2) is 4.31. The first kappa shape index (κ1) is 11.2. The Morgan fingerprint density at radius 3 is 2.94 bits per heavy atom. The lowest BCUT2D eigenvalue weighted by molar-refractivity contribution is 0.100. The van der Waals surface area contributed by atoms with E-state index in [1.165, 1.54) is 11.3 Å². The van der Waals surface area contributed by atoms with Gasteiger partial charge in [-0.15, -0.1) is 11.3 Å². The second-order valence-corrected chi connectivity index (χ2v) is 5.20. The lowest BCUT2D eigenvalue weighted by atomic mass is 10.2. The molecule has 2 rings (SSSR count). The van der Waals surface area contributed by atoms with Crippen molar-refractivity contribution < 1.29 is 4.79 Å². The highest BCUT2D eigenvalue weighted by Crippen LogP contribution is 2.30. The van der Waals surface area contributed by atoms with Crippen LogP contribution in [0.1, 0.15) is 16.1 Å². The molecule has 1 amide bonds. The highest BCUT2D eigenvalue weighted by Gasteiger charge is 2.20. The van der Waals surface area contributed by atoms with Crippen LogP contribution in [-0.4, -0.2) is 37.0 Å². The summed E-state index contributed by atoms with van der Waals surface area (Å²) < 4.78 is 0. The summed E-state index contributed by atoms with van der Waals surface area (Å²) in [6.07, 6.45) is 1.11. The molecule has 0 bridgehead atoms. The molecule has 0 spiro atoms. The van der Waals surface area contributed by atoms with Gasteiger partial charge in [-0.2, -0.15) is 0 Å². The third-order valence-corrected chi connectivity index (χ3v) is 3.82. The third kappa shape index (κ3) is 2.28. The molecule has 6 heteroatoms. The topological polar surface area (TPSA) is 84.4 Å². The predicted octanol–water partition coefficient (Wildman–Crippen LogP) is 0.545. The van der Waals surface area contributed by atoms with Crippen LogP contribution in [0.15, 0.2) is 6.07 Å². The Hall–Kier alpha value is -1.27. The SMILES string of the molecule is CN1CCC(Nc2cc(N)c(C(N)=O)s2)C1. The fraction of sp³-hybridized carbons (Fsp3) is 0.500. The third-order valence-electron chi connectivity index (χ3n) is 2.72. The number of likely N-dealkylation sites (N-methyl/N-ethyl adjacent to an activating group) is 1. The van der Waals surface area contributed by atoms with Crippen LogP contribution in [0.25, 0.3) is 0 Å². The number of hydrogen-bond acceptors (Lipinski definition) is 5. The normalized spacial score (nSPS) is 21.2. The van der Waals surface area contributed by atoms with E-state index in [2.05, 4.69) is 17.3 Å². The molecular weight excluding hydrogens is 224 g/mol. The molecule has 1 fully saturated rings. The number of carbonyl (C=O) groups is 1. The lowest BCUT2D eigenvalue weighted by Crippen LogP contribution is -2.22. The van der Waals surface area contributed by atoms with Crippen LogP contribution in [0.2, 0.25) is 0 Å². The van der Waals surface area contributed by atoms with Gasteiger partial charge in [-0.25, -0.2) is 0 Å². The van der Waals surface area contributed by atoms with Crippen molar-refractivity contribution in [2.24, 2.45) is 5.73 Å². The van der Waals surface area contributed by atoms with Crippen molar-refractivity contribution in [3.63, 3.8) is 0 Å². The molecule has 5 N–H and O–H groups in total. The van der Waals surface area contributed by atoms with E-state index in [1.54, 1.807) is 6.07 Å². The van der Waals surface area contributed by atoms with Gasteiger partial charge in [0.05, 0.1) is 10.7 Å².